The first-order valence-corrected chi connectivity index (χ1v) is 25.4. The Morgan fingerprint density at radius 1 is 0.859 bits per heavy atom. The molecule has 2 saturated heterocycles. The van der Waals surface area contributed by atoms with Crippen molar-refractivity contribution in [3.8, 4) is 15.4 Å². The van der Waals surface area contributed by atoms with Crippen LogP contribution in [0.4, 0.5) is 11.5 Å². The standard InChI is InChI=1S/C51H58N12O6S2/c1-27-30(4)71-50-42(27)43(56-37(22-41(65)66)46-59-58-31(5)63(46)50)33-13-15-35(16-14-33)60-17-19-61(20-18-60)40-24-52-38(23-53-40)47(67)57-45(51(6,7)8)49(69)62-25-36(64)21-39(62)48(68)55-28(2)32-9-11-34(12-10-32)44-29(3)54-26-70-44/h9-16,23-24,26,28,36-37,39,45,64H,17-22,25H2,1-8H3,(H,55,68)(H,57,67)(H,65,66)/t28?,36-,37+,39+,45?/m1/s1. The van der Waals surface area contributed by atoms with E-state index in [1.807, 2.05) is 88.0 Å². The minimum Gasteiger partial charge on any atom is -0.481 e. The summed E-state index contributed by atoms with van der Waals surface area (Å²) in [6, 6.07) is 13.1. The number of aromatic nitrogens is 6. The fourth-order valence-corrected chi connectivity index (χ4v) is 11.6. The van der Waals surface area contributed by atoms with Crippen molar-refractivity contribution in [1.29, 1.82) is 0 Å². The van der Waals surface area contributed by atoms with Gasteiger partial charge in [-0.05, 0) is 68.9 Å². The molecule has 2 fully saturated rings. The third kappa shape index (κ3) is 9.92. The van der Waals surface area contributed by atoms with Crippen LogP contribution >= 0.6 is 22.7 Å². The summed E-state index contributed by atoms with van der Waals surface area (Å²) in [5.74, 6) is -0.585. The maximum atomic E-state index is 14.3. The van der Waals surface area contributed by atoms with Crippen molar-refractivity contribution in [2.24, 2.45) is 10.4 Å². The maximum Gasteiger partial charge on any atom is 0.306 e. The van der Waals surface area contributed by atoms with E-state index in [9.17, 15) is 29.4 Å². The van der Waals surface area contributed by atoms with Gasteiger partial charge in [0.15, 0.2) is 5.82 Å². The van der Waals surface area contributed by atoms with Gasteiger partial charge in [-0.2, -0.15) is 0 Å². The molecular weight excluding hydrogens is 941 g/mol. The first kappa shape index (κ1) is 49.1. The number of carboxylic acid groups (broad SMARTS) is 1. The quantitative estimate of drug-likeness (QED) is 0.108. The molecule has 0 saturated carbocycles. The van der Waals surface area contributed by atoms with Crippen molar-refractivity contribution in [3.63, 3.8) is 0 Å². The van der Waals surface area contributed by atoms with E-state index in [1.165, 1.54) is 11.1 Å². The van der Waals surface area contributed by atoms with Crippen LogP contribution in [0.5, 0.6) is 0 Å². The lowest BCUT2D eigenvalue weighted by Gasteiger charge is -2.36. The molecule has 7 heterocycles. The number of piperazine rings is 1. The average Bonchev–Trinajstić information content (AvgIpc) is 4.12. The van der Waals surface area contributed by atoms with Crippen molar-refractivity contribution < 1.29 is 29.4 Å². The number of hydrogen-bond acceptors (Lipinski definition) is 15. The summed E-state index contributed by atoms with van der Waals surface area (Å²) in [7, 11) is 0. The van der Waals surface area contributed by atoms with Crippen molar-refractivity contribution in [2.45, 2.75) is 98.5 Å². The Morgan fingerprint density at radius 3 is 2.18 bits per heavy atom. The van der Waals surface area contributed by atoms with Gasteiger partial charge in [-0.15, -0.1) is 32.9 Å². The molecule has 4 aromatic heterocycles. The summed E-state index contributed by atoms with van der Waals surface area (Å²) < 4.78 is 1.95. The molecule has 20 heteroatoms. The number of hydrogen-bond donors (Lipinski definition) is 4. The Labute approximate surface area is 419 Å². The van der Waals surface area contributed by atoms with E-state index < -0.39 is 47.4 Å². The molecule has 2 unspecified atom stereocenters. The van der Waals surface area contributed by atoms with Crippen LogP contribution < -0.4 is 20.4 Å². The van der Waals surface area contributed by atoms with E-state index in [4.69, 9.17) is 4.99 Å². The number of thiophene rings is 1. The predicted octanol–water partition coefficient (Wildman–Crippen LogP) is 6.15. The van der Waals surface area contributed by atoms with Crippen LogP contribution in [0, 0.1) is 33.1 Å². The number of benzene rings is 2. The fraction of sp³-hybridized carbons (Fsp3) is 0.412. The van der Waals surface area contributed by atoms with Gasteiger partial charge in [-0.3, -0.25) is 28.7 Å². The fourth-order valence-electron chi connectivity index (χ4n) is 9.54. The summed E-state index contributed by atoms with van der Waals surface area (Å²) in [5.41, 5.74) is 8.68. The molecule has 9 rings (SSSR count). The minimum absolute atomic E-state index is 0.0414. The molecule has 0 aliphatic carbocycles. The van der Waals surface area contributed by atoms with Gasteiger partial charge < -0.3 is 35.5 Å². The molecule has 3 amide bonds. The largest absolute Gasteiger partial charge is 0.481 e. The molecule has 0 radical (unpaired) electrons. The number of thiazole rings is 1. The third-order valence-electron chi connectivity index (χ3n) is 13.6. The summed E-state index contributed by atoms with van der Waals surface area (Å²) in [5, 5.41) is 36.1. The Bertz CT molecular complexity index is 3010. The zero-order chi connectivity index (χ0) is 50.5. The lowest BCUT2D eigenvalue weighted by atomic mass is 9.85. The number of carbonyl (C=O) groups is 4. The van der Waals surface area contributed by atoms with Gasteiger partial charge in [0.2, 0.25) is 11.8 Å². The highest BCUT2D eigenvalue weighted by molar-refractivity contribution is 7.15. The molecule has 5 atom stereocenters. The van der Waals surface area contributed by atoms with Crippen LogP contribution in [0.25, 0.3) is 15.4 Å². The molecule has 6 aromatic rings. The van der Waals surface area contributed by atoms with Gasteiger partial charge in [0.25, 0.3) is 5.91 Å². The number of anilines is 2. The van der Waals surface area contributed by atoms with Crippen LogP contribution in [0.1, 0.15) is 108 Å². The Balaban J connectivity index is 0.821. The normalized spacial score (nSPS) is 18.8. The second kappa shape index (κ2) is 19.7. The molecule has 4 N–H and O–H groups in total. The SMILES string of the molecule is Cc1ncsc1-c1ccc(C(C)NC(=O)[C@@H]2C[C@@H](O)CN2C(=O)C(NC(=O)c2cnc(N3CCN(c4ccc(C5=N[C@@H](CC(=O)O)c6nnc(C)n6-c6sc(C)c(C)c65)cc4)CC3)cn2)C(C)(C)C)cc1. The number of aliphatic hydroxyl groups excluding tert-OH is 1. The van der Waals surface area contributed by atoms with Gasteiger partial charge in [-0.1, -0.05) is 57.2 Å². The number of carboxylic acids is 1. The van der Waals surface area contributed by atoms with E-state index in [2.05, 4.69) is 71.6 Å². The van der Waals surface area contributed by atoms with Crippen molar-refractivity contribution in [1.82, 2.24) is 45.2 Å². The molecule has 0 bridgehead atoms. The molecule has 370 valence electrons. The van der Waals surface area contributed by atoms with Gasteiger partial charge in [-0.25, -0.2) is 15.0 Å². The number of nitrogens with one attached hydrogen (secondary N) is 2. The highest BCUT2D eigenvalue weighted by Crippen LogP contribution is 2.40. The van der Waals surface area contributed by atoms with Gasteiger partial charge in [0, 0.05) is 60.8 Å². The summed E-state index contributed by atoms with van der Waals surface area (Å²) in [6.07, 6.45) is 1.93. The number of aliphatic carboxylic acids is 1. The Hall–Kier alpha value is -6.90. The van der Waals surface area contributed by atoms with Crippen LogP contribution in [-0.2, 0) is 14.4 Å². The Kier molecular flexibility index (Phi) is 13.6. The number of fused-ring (bicyclic) bond motifs is 3. The number of nitrogens with zero attached hydrogens (tertiary/aromatic N) is 10. The molecule has 2 aromatic carbocycles. The number of aliphatic imine (C=N–C) groups is 1. The number of aliphatic hydroxyl groups is 1. The van der Waals surface area contributed by atoms with E-state index in [0.717, 1.165) is 59.7 Å². The average molecular weight is 999 g/mol. The molecule has 18 nitrogen and oxygen atoms in total. The molecule has 3 aliphatic rings. The van der Waals surface area contributed by atoms with E-state index in [1.54, 1.807) is 28.9 Å². The van der Waals surface area contributed by atoms with Gasteiger partial charge >= 0.3 is 5.97 Å². The number of β-amino-alcohol motifs (C(OH)–C–C–N with tert-alkyl or cyclic N) is 1. The van der Waals surface area contributed by atoms with E-state index >= 15 is 0 Å². The lowest BCUT2D eigenvalue weighted by molar-refractivity contribution is -0.142. The monoisotopic (exact) mass is 998 g/mol. The third-order valence-corrected chi connectivity index (χ3v) is 15.8. The first-order chi connectivity index (χ1) is 33.9. The second-order valence-corrected chi connectivity index (χ2v) is 21.6. The molecule has 3 aliphatic heterocycles. The number of rotatable bonds is 12. The summed E-state index contributed by atoms with van der Waals surface area (Å²) in [6.45, 7) is 18.0. The maximum absolute atomic E-state index is 14.3. The highest BCUT2D eigenvalue weighted by atomic mass is 32.1. The zero-order valence-corrected chi connectivity index (χ0v) is 42.6. The summed E-state index contributed by atoms with van der Waals surface area (Å²) in [4.78, 5) is 80.4. The predicted molar refractivity (Wildman–Crippen MR) is 273 cm³/mol. The van der Waals surface area contributed by atoms with Crippen LogP contribution in [0.15, 0.2) is 71.4 Å². The molecule has 0 spiro atoms. The lowest BCUT2D eigenvalue weighted by Crippen LogP contribution is -2.58. The minimum atomic E-state index is -1.04. The summed E-state index contributed by atoms with van der Waals surface area (Å²) >= 11 is 3.20. The van der Waals surface area contributed by atoms with Crippen LogP contribution in [0.3, 0.4) is 0 Å². The number of likely N-dealkylation sites (tertiary alicyclic amines) is 1. The van der Waals surface area contributed by atoms with Crippen LogP contribution in [0.2, 0.25) is 0 Å². The molecule has 71 heavy (non-hydrogen) atoms. The molecular formula is C51H58N12O6S2. The number of carbonyl (C=O) groups excluding carboxylic acids is 3. The van der Waals surface area contributed by atoms with E-state index in [0.29, 0.717) is 43.6 Å². The van der Waals surface area contributed by atoms with Crippen molar-refractivity contribution in [3.05, 3.63) is 117 Å². The van der Waals surface area contributed by atoms with Crippen LogP contribution in [-0.4, -0.2) is 125 Å². The number of amides is 3. The zero-order valence-electron chi connectivity index (χ0n) is 41.0. The van der Waals surface area contributed by atoms with E-state index in [-0.39, 0.29) is 37.0 Å². The first-order valence-electron chi connectivity index (χ1n) is 23.7. The van der Waals surface area contributed by atoms with Crippen molar-refractivity contribution in [2.75, 3.05) is 42.5 Å². The van der Waals surface area contributed by atoms with Gasteiger partial charge in [0.1, 0.15) is 40.5 Å². The van der Waals surface area contributed by atoms with Gasteiger partial charge in [0.05, 0.1) is 52.8 Å². The Morgan fingerprint density at radius 2 is 1.55 bits per heavy atom. The topological polar surface area (TPSA) is 224 Å². The second-order valence-electron chi connectivity index (χ2n) is 19.6. The number of aryl methyl sites for hydroxylation is 3. The van der Waals surface area contributed by atoms with Crippen molar-refractivity contribution >= 4 is 63.6 Å². The highest BCUT2D eigenvalue weighted by Gasteiger charge is 2.45. The smallest absolute Gasteiger partial charge is 0.306 e.